The van der Waals surface area contributed by atoms with E-state index in [2.05, 4.69) is 15.9 Å². The van der Waals surface area contributed by atoms with E-state index in [9.17, 15) is 14.4 Å². The van der Waals surface area contributed by atoms with Crippen LogP contribution in [-0.4, -0.2) is 40.5 Å². The number of unbranched alkanes of at least 4 members (excludes halogenated alkanes) is 2. The van der Waals surface area contributed by atoms with Gasteiger partial charge in [-0.1, -0.05) is 57.7 Å². The van der Waals surface area contributed by atoms with E-state index in [4.69, 9.17) is 27.9 Å². The fourth-order valence-electron chi connectivity index (χ4n) is 4.29. The molecule has 0 aromatic heterocycles. The Bertz CT molecular complexity index is 1110. The highest BCUT2D eigenvalue weighted by Crippen LogP contribution is 2.37. The molecule has 0 bridgehead atoms. The number of imide groups is 1. The Labute approximate surface area is 231 Å². The van der Waals surface area contributed by atoms with Crippen LogP contribution in [0.25, 0.3) is 0 Å². The zero-order valence-corrected chi connectivity index (χ0v) is 24.0. The van der Waals surface area contributed by atoms with Gasteiger partial charge < -0.3 is 9.64 Å². The summed E-state index contributed by atoms with van der Waals surface area (Å²) in [5, 5.41) is 0.682. The Morgan fingerprint density at radius 1 is 1.00 bits per heavy atom. The summed E-state index contributed by atoms with van der Waals surface area (Å²) in [4.78, 5) is 42.1. The third-order valence-corrected chi connectivity index (χ3v) is 6.90. The smallest absolute Gasteiger partial charge is 0.332 e. The van der Waals surface area contributed by atoms with Crippen molar-refractivity contribution in [2.24, 2.45) is 0 Å². The minimum absolute atomic E-state index is 0.237. The minimum Gasteiger partial charge on any atom is -0.460 e. The predicted octanol–water partition coefficient (Wildman–Crippen LogP) is 7.43. The number of anilines is 1. The third kappa shape index (κ3) is 7.02. The fourth-order valence-corrected chi connectivity index (χ4v) is 5.07. The number of amides is 3. The van der Waals surface area contributed by atoms with Crippen molar-refractivity contribution in [1.29, 1.82) is 0 Å². The van der Waals surface area contributed by atoms with Crippen LogP contribution in [-0.2, 0) is 20.7 Å². The maximum atomic E-state index is 13.8. The lowest BCUT2D eigenvalue weighted by Crippen LogP contribution is -2.49. The molecule has 0 spiro atoms. The Balaban J connectivity index is 1.78. The minimum atomic E-state index is -1.09. The van der Waals surface area contributed by atoms with Crippen molar-refractivity contribution in [2.45, 2.75) is 70.9 Å². The zero-order chi connectivity index (χ0) is 26.7. The van der Waals surface area contributed by atoms with Crippen LogP contribution in [0.2, 0.25) is 10.0 Å². The SMILES string of the molecule is CC(C)(C)OC(=O)CCCCCN1C(=O)N(c2cc(Cl)cc(Cl)c2)C(=O)C1(C)Cc1ccc(Br)cc1. The molecule has 0 aliphatic carbocycles. The second-order valence-corrected chi connectivity index (χ2v) is 12.0. The topological polar surface area (TPSA) is 66.9 Å². The maximum absolute atomic E-state index is 13.8. The van der Waals surface area contributed by atoms with E-state index in [1.165, 1.54) is 0 Å². The van der Waals surface area contributed by atoms with Crippen LogP contribution >= 0.6 is 39.1 Å². The standard InChI is InChI=1S/C27H31BrCl2N2O4/c1-26(2,3)36-23(33)8-6-5-7-13-31-25(35)32(22-15-20(29)14-21(30)16-22)24(34)27(31,4)17-18-9-11-19(28)12-10-18/h9-12,14-16H,5-8,13,17H2,1-4H3. The molecule has 1 fully saturated rings. The molecule has 1 heterocycles. The Hall–Kier alpha value is -2.09. The number of urea groups is 1. The van der Waals surface area contributed by atoms with Crippen molar-refractivity contribution in [3.8, 4) is 0 Å². The van der Waals surface area contributed by atoms with Crippen LogP contribution in [0.5, 0.6) is 0 Å². The first-order chi connectivity index (χ1) is 16.8. The third-order valence-electron chi connectivity index (χ3n) is 5.93. The van der Waals surface area contributed by atoms with E-state index in [1.54, 1.807) is 30.0 Å². The number of esters is 1. The van der Waals surface area contributed by atoms with Gasteiger partial charge in [-0.15, -0.1) is 0 Å². The quantitative estimate of drug-likeness (QED) is 0.171. The Morgan fingerprint density at radius 2 is 1.61 bits per heavy atom. The summed E-state index contributed by atoms with van der Waals surface area (Å²) in [7, 11) is 0. The molecule has 194 valence electrons. The molecular formula is C27H31BrCl2N2O4. The van der Waals surface area contributed by atoms with Crippen molar-refractivity contribution < 1.29 is 19.1 Å². The number of hydrogen-bond donors (Lipinski definition) is 0. The lowest BCUT2D eigenvalue weighted by molar-refractivity contribution is -0.154. The molecule has 0 N–H and O–H groups in total. The molecule has 6 nitrogen and oxygen atoms in total. The molecule has 1 aliphatic rings. The molecule has 36 heavy (non-hydrogen) atoms. The number of carbonyl (C=O) groups is 3. The van der Waals surface area contributed by atoms with E-state index >= 15 is 0 Å². The predicted molar refractivity (Wildman–Crippen MR) is 147 cm³/mol. The van der Waals surface area contributed by atoms with Gasteiger partial charge in [-0.2, -0.15) is 0 Å². The average molecular weight is 598 g/mol. The molecule has 9 heteroatoms. The molecule has 2 aromatic carbocycles. The van der Waals surface area contributed by atoms with Crippen molar-refractivity contribution in [2.75, 3.05) is 11.4 Å². The van der Waals surface area contributed by atoms with Crippen LogP contribution in [0.15, 0.2) is 46.9 Å². The molecular weight excluding hydrogens is 567 g/mol. The average Bonchev–Trinajstić information content (AvgIpc) is 2.93. The Kier molecular flexibility index (Phi) is 9.12. The van der Waals surface area contributed by atoms with Crippen molar-refractivity contribution in [3.63, 3.8) is 0 Å². The summed E-state index contributed by atoms with van der Waals surface area (Å²) in [6.07, 6.45) is 2.67. The lowest BCUT2D eigenvalue weighted by Gasteiger charge is -2.32. The number of benzene rings is 2. The van der Waals surface area contributed by atoms with Gasteiger partial charge in [-0.3, -0.25) is 9.59 Å². The van der Waals surface area contributed by atoms with Crippen LogP contribution in [0.4, 0.5) is 10.5 Å². The van der Waals surface area contributed by atoms with Crippen LogP contribution in [0, 0.1) is 0 Å². The molecule has 1 atom stereocenters. The highest BCUT2D eigenvalue weighted by molar-refractivity contribution is 9.10. The van der Waals surface area contributed by atoms with E-state index < -0.39 is 17.2 Å². The van der Waals surface area contributed by atoms with E-state index in [0.717, 1.165) is 14.9 Å². The number of hydrogen-bond acceptors (Lipinski definition) is 4. The van der Waals surface area contributed by atoms with Gasteiger partial charge in [0, 0.05) is 33.9 Å². The summed E-state index contributed by atoms with van der Waals surface area (Å²) in [5.41, 5.74) is -0.328. The molecule has 3 amide bonds. The van der Waals surface area contributed by atoms with Gasteiger partial charge >= 0.3 is 12.0 Å². The zero-order valence-electron chi connectivity index (χ0n) is 20.9. The van der Waals surface area contributed by atoms with E-state index in [0.29, 0.717) is 54.4 Å². The molecule has 0 saturated carbocycles. The first-order valence-electron chi connectivity index (χ1n) is 11.9. The van der Waals surface area contributed by atoms with E-state index in [1.807, 2.05) is 45.0 Å². The van der Waals surface area contributed by atoms with Gasteiger partial charge in [0.25, 0.3) is 5.91 Å². The second-order valence-electron chi connectivity index (χ2n) is 10.2. The fraction of sp³-hybridized carbons (Fsp3) is 0.444. The number of halogens is 3. The number of carbonyl (C=O) groups excluding carboxylic acids is 3. The van der Waals surface area contributed by atoms with Gasteiger partial charge in [-0.05, 0) is 76.4 Å². The summed E-state index contributed by atoms with van der Waals surface area (Å²) >= 11 is 15.8. The summed E-state index contributed by atoms with van der Waals surface area (Å²) in [6, 6.07) is 12.0. The van der Waals surface area contributed by atoms with E-state index in [-0.39, 0.29) is 11.9 Å². The molecule has 3 rings (SSSR count). The van der Waals surface area contributed by atoms with Crippen LogP contribution < -0.4 is 4.90 Å². The van der Waals surface area contributed by atoms with Gasteiger partial charge in [0.05, 0.1) is 5.69 Å². The highest BCUT2D eigenvalue weighted by atomic mass is 79.9. The first kappa shape index (κ1) is 28.5. The summed E-state index contributed by atoms with van der Waals surface area (Å²) in [5.74, 6) is -0.568. The molecule has 1 saturated heterocycles. The summed E-state index contributed by atoms with van der Waals surface area (Å²) < 4.78 is 6.29. The van der Waals surface area contributed by atoms with Gasteiger partial charge in [-0.25, -0.2) is 9.69 Å². The first-order valence-corrected chi connectivity index (χ1v) is 13.4. The normalized spacial score (nSPS) is 18.2. The van der Waals surface area contributed by atoms with Gasteiger partial charge in [0.15, 0.2) is 0 Å². The monoisotopic (exact) mass is 596 g/mol. The number of ether oxygens (including phenoxy) is 1. The number of rotatable bonds is 9. The molecule has 2 aromatic rings. The molecule has 1 unspecified atom stereocenters. The molecule has 1 aliphatic heterocycles. The van der Waals surface area contributed by atoms with Gasteiger partial charge in [0.2, 0.25) is 0 Å². The van der Waals surface area contributed by atoms with Crippen molar-refractivity contribution in [3.05, 3.63) is 62.5 Å². The van der Waals surface area contributed by atoms with Crippen LogP contribution in [0.3, 0.4) is 0 Å². The highest BCUT2D eigenvalue weighted by Gasteiger charge is 2.54. The summed E-state index contributed by atoms with van der Waals surface area (Å²) in [6.45, 7) is 7.68. The maximum Gasteiger partial charge on any atom is 0.332 e. The number of nitrogens with zero attached hydrogens (tertiary/aromatic N) is 2. The van der Waals surface area contributed by atoms with Gasteiger partial charge in [0.1, 0.15) is 11.1 Å². The van der Waals surface area contributed by atoms with Crippen molar-refractivity contribution >= 4 is 62.7 Å². The molecule has 0 radical (unpaired) electrons. The van der Waals surface area contributed by atoms with Crippen LogP contribution in [0.1, 0.15) is 58.9 Å². The largest absolute Gasteiger partial charge is 0.460 e. The van der Waals surface area contributed by atoms with Crippen molar-refractivity contribution in [1.82, 2.24) is 4.90 Å². The lowest BCUT2D eigenvalue weighted by atomic mass is 9.91. The second kappa shape index (κ2) is 11.5. The Morgan fingerprint density at radius 3 is 2.19 bits per heavy atom.